The molecule has 2 spiro atoms. The van der Waals surface area contributed by atoms with E-state index in [2.05, 4.69) is 79.8 Å². The van der Waals surface area contributed by atoms with E-state index >= 15 is 0 Å². The third-order valence-electron chi connectivity index (χ3n) is 12.5. The van der Waals surface area contributed by atoms with Crippen LogP contribution >= 0.6 is 0 Å². The van der Waals surface area contributed by atoms with Crippen LogP contribution in [0.1, 0.15) is 100 Å². The molecule has 47 heavy (non-hydrogen) atoms. The fourth-order valence-corrected chi connectivity index (χ4v) is 9.88. The van der Waals surface area contributed by atoms with Crippen LogP contribution < -0.4 is 0 Å². The second kappa shape index (κ2) is 12.5. The van der Waals surface area contributed by atoms with E-state index in [-0.39, 0.29) is 35.9 Å². The zero-order valence-electron chi connectivity index (χ0n) is 30.5. The highest BCUT2D eigenvalue weighted by Gasteiger charge is 2.80. The largest absolute Gasteiger partial charge is 0.462 e. The molecule has 0 amide bonds. The second-order valence-corrected chi connectivity index (χ2v) is 22.0. The predicted molar refractivity (Wildman–Crippen MR) is 183 cm³/mol. The molecule has 5 aliphatic heterocycles. The maximum atomic E-state index is 14.5. The van der Waals surface area contributed by atoms with Crippen molar-refractivity contribution in [2.24, 2.45) is 17.8 Å². The monoisotopic (exact) mass is 672 g/mol. The number of esters is 1. The summed E-state index contributed by atoms with van der Waals surface area (Å²) in [5.41, 5.74) is -0.531. The topological polar surface area (TPSA) is 96.0 Å². The Bertz CT molecular complexity index is 1300. The number of hydrogen-bond acceptors (Lipinski definition) is 8. The lowest BCUT2D eigenvalue weighted by molar-refractivity contribution is -0.335. The van der Waals surface area contributed by atoms with Crippen molar-refractivity contribution in [1.82, 2.24) is 0 Å². The lowest BCUT2D eigenvalue weighted by Crippen LogP contribution is -2.65. The number of ether oxygens (including phenoxy) is 5. The first-order valence-corrected chi connectivity index (χ1v) is 21.1. The minimum Gasteiger partial charge on any atom is -0.462 e. The van der Waals surface area contributed by atoms with Crippen LogP contribution in [-0.2, 0) is 32.9 Å². The number of carbonyl (C=O) groups excluding carboxylic acids is 1. The minimum atomic E-state index is -2.27. The van der Waals surface area contributed by atoms with E-state index in [1.807, 2.05) is 13.0 Å². The number of carbonyl (C=O) groups is 1. The number of hydrogen-bond donors (Lipinski definition) is 1. The maximum Gasteiger partial charge on any atom is 0.316 e. The van der Waals surface area contributed by atoms with Gasteiger partial charge >= 0.3 is 5.97 Å². The van der Waals surface area contributed by atoms with Gasteiger partial charge in [0.2, 0.25) is 0 Å². The van der Waals surface area contributed by atoms with E-state index in [0.717, 1.165) is 37.7 Å². The molecule has 0 radical (unpaired) electrons. The quantitative estimate of drug-likeness (QED) is 0.146. The summed E-state index contributed by atoms with van der Waals surface area (Å²) in [7, 11) is -2.27. The highest BCUT2D eigenvalue weighted by molar-refractivity contribution is 6.74. The first kappa shape index (κ1) is 35.5. The van der Waals surface area contributed by atoms with Gasteiger partial charge in [-0.25, -0.2) is 0 Å². The van der Waals surface area contributed by atoms with E-state index in [0.29, 0.717) is 18.8 Å². The van der Waals surface area contributed by atoms with Gasteiger partial charge in [-0.2, -0.15) is 0 Å². The van der Waals surface area contributed by atoms with E-state index in [1.165, 1.54) is 5.57 Å². The normalized spacial score (nSPS) is 47.6. The molecular formula is C38H60O8Si. The Morgan fingerprint density at radius 2 is 1.83 bits per heavy atom. The summed E-state index contributed by atoms with van der Waals surface area (Å²) in [6.07, 6.45) is 11.7. The maximum absolute atomic E-state index is 14.5. The molecule has 5 heterocycles. The van der Waals surface area contributed by atoms with Crippen molar-refractivity contribution >= 4 is 14.3 Å². The van der Waals surface area contributed by atoms with Gasteiger partial charge in [-0.1, -0.05) is 71.4 Å². The van der Waals surface area contributed by atoms with E-state index in [4.69, 9.17) is 28.1 Å². The SMILES string of the molecule is CC[C@H]1O[C@]2(CC[C@@H]1C)C[C@@H]1C[C@@H](C/C=C(\C)C[C@@H](C)/C=C/[C@@H]3O[C@]34CO[C@@H]3[C@H](O[Si](C)(C)C(C)(C)C)C(C)=C[C@@H](C(=O)O1)[C@@]34O)O2. The van der Waals surface area contributed by atoms with Gasteiger partial charge in [-0.3, -0.25) is 4.79 Å². The number of epoxide rings is 1. The second-order valence-electron chi connectivity index (χ2n) is 17.3. The van der Waals surface area contributed by atoms with Crippen molar-refractivity contribution in [2.45, 2.75) is 172 Å². The Morgan fingerprint density at radius 1 is 1.09 bits per heavy atom. The molecule has 0 aromatic heterocycles. The molecule has 0 aromatic carbocycles. The third kappa shape index (κ3) is 6.29. The van der Waals surface area contributed by atoms with E-state index in [9.17, 15) is 9.90 Å². The van der Waals surface area contributed by atoms with Gasteiger partial charge in [0, 0.05) is 19.3 Å². The van der Waals surface area contributed by atoms with Gasteiger partial charge in [0.05, 0.1) is 24.9 Å². The number of allylic oxidation sites excluding steroid dienone is 2. The number of fused-ring (bicyclic) bond motifs is 2. The van der Waals surface area contributed by atoms with Gasteiger partial charge in [-0.05, 0) is 75.1 Å². The Morgan fingerprint density at radius 3 is 2.53 bits per heavy atom. The smallest absolute Gasteiger partial charge is 0.316 e. The van der Waals surface area contributed by atoms with Crippen LogP contribution in [0.3, 0.4) is 0 Å². The van der Waals surface area contributed by atoms with Crippen LogP contribution in [0.4, 0.5) is 0 Å². The molecule has 4 saturated heterocycles. The average Bonchev–Trinajstić information content (AvgIpc) is 3.62. The van der Waals surface area contributed by atoms with Crippen LogP contribution in [0, 0.1) is 17.8 Å². The first-order chi connectivity index (χ1) is 21.9. The molecule has 8 nitrogen and oxygen atoms in total. The van der Waals surface area contributed by atoms with Crippen LogP contribution in [0.15, 0.2) is 35.5 Å². The van der Waals surface area contributed by atoms with Crippen molar-refractivity contribution in [2.75, 3.05) is 6.61 Å². The molecule has 2 bridgehead atoms. The Kier molecular flexibility index (Phi) is 9.41. The summed E-state index contributed by atoms with van der Waals surface area (Å²) in [5.74, 6) is -1.47. The van der Waals surface area contributed by atoms with E-state index < -0.39 is 55.5 Å². The molecule has 264 valence electrons. The fraction of sp³-hybridized carbons (Fsp3) is 0.816. The van der Waals surface area contributed by atoms with Gasteiger partial charge in [-0.15, -0.1) is 0 Å². The molecule has 0 aromatic rings. The molecule has 1 N–H and O–H groups in total. The summed E-state index contributed by atoms with van der Waals surface area (Å²) in [5, 5.41) is 12.9. The standard InChI is InChI=1S/C38H60O8Si/c1-11-30-25(4)16-17-36(44-30)21-28-20-27(43-36)14-12-23(2)18-24(3)13-15-31-37(45-31)22-41-33-32(46-47(9,10)35(6,7)8)26(5)19-29(34(39)42-28)38(33,37)40/h12-13,15,19,24-25,27-33,40H,11,14,16-18,20-22H2,1-10H3/b15-13+,23-12+/t24-,25-,27+,28-,29-,30+,31-,32+,33+,36+,37+,38+/m0/s1. The average molecular weight is 673 g/mol. The molecule has 0 saturated carbocycles. The summed E-state index contributed by atoms with van der Waals surface area (Å²) in [4.78, 5) is 14.5. The lowest BCUT2D eigenvalue weighted by atomic mass is 9.67. The summed E-state index contributed by atoms with van der Waals surface area (Å²) in [6.45, 7) is 22.0. The molecule has 4 fully saturated rings. The third-order valence-corrected chi connectivity index (χ3v) is 17.0. The van der Waals surface area contributed by atoms with Crippen molar-refractivity contribution < 1.29 is 38.0 Å². The first-order valence-electron chi connectivity index (χ1n) is 18.2. The van der Waals surface area contributed by atoms with Gasteiger partial charge in [0.1, 0.15) is 29.8 Å². The lowest BCUT2D eigenvalue weighted by Gasteiger charge is -2.50. The van der Waals surface area contributed by atoms with Gasteiger partial charge < -0.3 is 33.2 Å². The zero-order chi connectivity index (χ0) is 34.2. The number of rotatable bonds is 3. The Hall–Kier alpha value is -1.33. The Balaban J connectivity index is 1.38. The molecular weight excluding hydrogens is 612 g/mol. The summed E-state index contributed by atoms with van der Waals surface area (Å²) >= 11 is 0. The van der Waals surface area contributed by atoms with Crippen molar-refractivity contribution in [1.29, 1.82) is 0 Å². The number of aliphatic hydroxyl groups is 1. The molecule has 0 unspecified atom stereocenters. The molecule has 1 aliphatic carbocycles. The Labute approximate surface area is 283 Å². The van der Waals surface area contributed by atoms with Crippen LogP contribution in [0.25, 0.3) is 0 Å². The zero-order valence-corrected chi connectivity index (χ0v) is 31.5. The predicted octanol–water partition coefficient (Wildman–Crippen LogP) is 7.17. The van der Waals surface area contributed by atoms with Crippen LogP contribution in [0.5, 0.6) is 0 Å². The van der Waals surface area contributed by atoms with Crippen LogP contribution in [0.2, 0.25) is 18.1 Å². The minimum absolute atomic E-state index is 0.0438. The van der Waals surface area contributed by atoms with Crippen molar-refractivity contribution in [3.63, 3.8) is 0 Å². The molecule has 6 aliphatic rings. The highest BCUT2D eigenvalue weighted by Crippen LogP contribution is 2.60. The van der Waals surface area contributed by atoms with Crippen molar-refractivity contribution in [3.05, 3.63) is 35.5 Å². The summed E-state index contributed by atoms with van der Waals surface area (Å²) < 4.78 is 39.9. The molecule has 9 heteroatoms. The molecule has 6 rings (SSSR count). The highest BCUT2D eigenvalue weighted by atomic mass is 28.4. The van der Waals surface area contributed by atoms with Gasteiger partial charge in [0.15, 0.2) is 19.7 Å². The molecule has 12 atom stereocenters. The van der Waals surface area contributed by atoms with Gasteiger partial charge in [0.25, 0.3) is 0 Å². The van der Waals surface area contributed by atoms with Crippen LogP contribution in [-0.4, -0.2) is 79.6 Å². The van der Waals surface area contributed by atoms with E-state index in [1.54, 1.807) is 0 Å². The fourth-order valence-electron chi connectivity index (χ4n) is 8.59. The van der Waals surface area contributed by atoms with Crippen molar-refractivity contribution in [3.8, 4) is 0 Å². The summed E-state index contributed by atoms with van der Waals surface area (Å²) in [6, 6.07) is 0.